The lowest BCUT2D eigenvalue weighted by atomic mass is 10.2. The fourth-order valence-electron chi connectivity index (χ4n) is 3.00. The van der Waals surface area contributed by atoms with Crippen LogP contribution < -0.4 is 11.1 Å². The van der Waals surface area contributed by atoms with Crippen molar-refractivity contribution in [1.82, 2.24) is 24.6 Å². The largest absolute Gasteiger partial charge is 0.383 e. The van der Waals surface area contributed by atoms with Crippen LogP contribution in [0.3, 0.4) is 0 Å². The molecular weight excluding hydrogens is 469 g/mol. The van der Waals surface area contributed by atoms with Gasteiger partial charge in [-0.25, -0.2) is 14.6 Å². The average Bonchev–Trinajstić information content (AvgIpc) is 3.46. The number of likely N-dealkylation sites (N-methyl/N-ethyl adjacent to an activating group) is 1. The van der Waals surface area contributed by atoms with E-state index in [-0.39, 0.29) is 5.91 Å². The number of hydrogen-bond acceptors (Lipinski definition) is 6. The zero-order valence-corrected chi connectivity index (χ0v) is 17.5. The van der Waals surface area contributed by atoms with Crippen molar-refractivity contribution in [2.75, 3.05) is 24.6 Å². The molecule has 1 amide bonds. The molecule has 1 aliphatic carbocycles. The van der Waals surface area contributed by atoms with Crippen molar-refractivity contribution < 1.29 is 4.79 Å². The summed E-state index contributed by atoms with van der Waals surface area (Å²) in [6.45, 7) is 0.775. The van der Waals surface area contributed by atoms with Gasteiger partial charge < -0.3 is 11.1 Å². The quantitative estimate of drug-likeness (QED) is 0.408. The van der Waals surface area contributed by atoms with Gasteiger partial charge >= 0.3 is 0 Å². The maximum Gasteiger partial charge on any atom is 0.248 e. The van der Waals surface area contributed by atoms with Gasteiger partial charge in [0.15, 0.2) is 5.65 Å². The molecule has 28 heavy (non-hydrogen) atoms. The van der Waals surface area contributed by atoms with Gasteiger partial charge in [0.1, 0.15) is 15.8 Å². The van der Waals surface area contributed by atoms with Crippen LogP contribution in [0.2, 0.25) is 0 Å². The van der Waals surface area contributed by atoms with Crippen molar-refractivity contribution in [2.45, 2.75) is 18.9 Å². The van der Waals surface area contributed by atoms with Crippen LogP contribution in [-0.4, -0.2) is 50.2 Å². The number of nitrogen functional groups attached to an aromatic ring is 1. The first kappa shape index (κ1) is 18.8. The smallest absolute Gasteiger partial charge is 0.248 e. The Morgan fingerprint density at radius 3 is 3.04 bits per heavy atom. The number of nitrogens with zero attached hydrogens (tertiary/aromatic N) is 5. The molecule has 1 fully saturated rings. The van der Waals surface area contributed by atoms with E-state index in [0.29, 0.717) is 23.2 Å². The topological polar surface area (TPSA) is 102 Å². The molecule has 1 aromatic carbocycles. The van der Waals surface area contributed by atoms with Gasteiger partial charge in [0.05, 0.1) is 11.1 Å². The summed E-state index contributed by atoms with van der Waals surface area (Å²) in [7, 11) is 2.08. The number of fused-ring (bicyclic) bond motifs is 1. The fourth-order valence-corrected chi connectivity index (χ4v) is 3.74. The highest BCUT2D eigenvalue weighted by atomic mass is 127. The van der Waals surface area contributed by atoms with E-state index < -0.39 is 0 Å². The fraction of sp³-hybridized carbons (Fsp3) is 0.263. The average molecular weight is 489 g/mol. The standard InChI is InChI=1S/C19H20IN7O/c1-26(13-7-8-13)9-3-6-15(28)24-12-4-2-5-14(10-12)27-19-16(17(20)25-27)18(21)22-11-23-19/h2-6,10-11,13H,7-9H2,1H3,(H,24,28)(H2,21,22,23). The molecule has 2 aromatic heterocycles. The summed E-state index contributed by atoms with van der Waals surface area (Å²) in [6.07, 6.45) is 7.38. The van der Waals surface area contributed by atoms with Crippen molar-refractivity contribution >= 4 is 51.0 Å². The Morgan fingerprint density at radius 1 is 1.43 bits per heavy atom. The SMILES string of the molecule is CN(CC=CC(=O)Nc1cccc(-n2nc(I)c3c(N)ncnc32)c1)C1CC1. The highest BCUT2D eigenvalue weighted by Gasteiger charge is 2.24. The van der Waals surface area contributed by atoms with E-state index >= 15 is 0 Å². The molecule has 0 radical (unpaired) electrons. The second-order valence-corrected chi connectivity index (χ2v) is 7.79. The predicted octanol–water partition coefficient (Wildman–Crippen LogP) is 2.59. The van der Waals surface area contributed by atoms with Gasteiger partial charge in [-0.1, -0.05) is 12.1 Å². The molecule has 9 heteroatoms. The van der Waals surface area contributed by atoms with E-state index in [1.165, 1.54) is 19.2 Å². The van der Waals surface area contributed by atoms with E-state index in [4.69, 9.17) is 5.73 Å². The maximum absolute atomic E-state index is 12.2. The van der Waals surface area contributed by atoms with Crippen molar-refractivity contribution in [1.29, 1.82) is 0 Å². The number of carbonyl (C=O) groups excluding carboxylic acids is 1. The van der Waals surface area contributed by atoms with Gasteiger partial charge in [0.25, 0.3) is 0 Å². The van der Waals surface area contributed by atoms with Crippen LogP contribution in [0, 0.1) is 3.70 Å². The molecular formula is C19H20IN7O. The molecule has 0 atom stereocenters. The minimum Gasteiger partial charge on any atom is -0.383 e. The maximum atomic E-state index is 12.2. The highest BCUT2D eigenvalue weighted by Crippen LogP contribution is 2.26. The molecule has 4 rings (SSSR count). The van der Waals surface area contributed by atoms with Gasteiger partial charge in [0.2, 0.25) is 5.91 Å². The zero-order valence-electron chi connectivity index (χ0n) is 15.3. The highest BCUT2D eigenvalue weighted by molar-refractivity contribution is 14.1. The molecule has 0 unspecified atom stereocenters. The minimum atomic E-state index is -0.159. The van der Waals surface area contributed by atoms with E-state index in [2.05, 4.69) is 54.9 Å². The molecule has 0 bridgehead atoms. The lowest BCUT2D eigenvalue weighted by Crippen LogP contribution is -2.20. The van der Waals surface area contributed by atoms with Crippen LogP contribution in [-0.2, 0) is 4.79 Å². The Kier molecular flexibility index (Phi) is 5.27. The zero-order chi connectivity index (χ0) is 19.7. The van der Waals surface area contributed by atoms with Gasteiger partial charge in [-0.2, -0.15) is 5.10 Å². The first-order valence-corrected chi connectivity index (χ1v) is 10.0. The van der Waals surface area contributed by atoms with E-state index in [1.54, 1.807) is 10.8 Å². The molecule has 0 aliphatic heterocycles. The number of nitrogens with two attached hydrogens (primary N) is 1. The summed E-state index contributed by atoms with van der Waals surface area (Å²) in [4.78, 5) is 22.8. The molecule has 144 valence electrons. The number of halogens is 1. The summed E-state index contributed by atoms with van der Waals surface area (Å²) in [5.74, 6) is 0.235. The summed E-state index contributed by atoms with van der Waals surface area (Å²) in [5, 5.41) is 8.14. The summed E-state index contributed by atoms with van der Waals surface area (Å²) in [5.41, 5.74) is 8.05. The van der Waals surface area contributed by atoms with Crippen molar-refractivity contribution in [3.05, 3.63) is 46.4 Å². The Morgan fingerprint density at radius 2 is 2.25 bits per heavy atom. The third-order valence-electron chi connectivity index (χ3n) is 4.64. The lowest BCUT2D eigenvalue weighted by Gasteiger charge is -2.11. The van der Waals surface area contributed by atoms with Gasteiger partial charge in [0, 0.05) is 24.4 Å². The Labute approximate surface area is 176 Å². The number of nitrogens with one attached hydrogen (secondary N) is 1. The number of rotatable bonds is 6. The van der Waals surface area contributed by atoms with E-state index in [1.807, 2.05) is 30.3 Å². The van der Waals surface area contributed by atoms with E-state index in [0.717, 1.165) is 21.3 Å². The first-order valence-electron chi connectivity index (χ1n) is 8.96. The van der Waals surface area contributed by atoms with Crippen LogP contribution in [0.15, 0.2) is 42.7 Å². The van der Waals surface area contributed by atoms with Gasteiger partial charge in [-0.05, 0) is 60.7 Å². The molecule has 0 spiro atoms. The monoisotopic (exact) mass is 489 g/mol. The number of anilines is 2. The molecule has 3 N–H and O–H groups in total. The second-order valence-electron chi connectivity index (χ2n) is 6.77. The predicted molar refractivity (Wildman–Crippen MR) is 117 cm³/mol. The van der Waals surface area contributed by atoms with Crippen LogP contribution in [0.5, 0.6) is 0 Å². The summed E-state index contributed by atoms with van der Waals surface area (Å²) in [6, 6.07) is 8.13. The Bertz CT molecular complexity index is 1060. The van der Waals surface area contributed by atoms with E-state index in [9.17, 15) is 4.79 Å². The Hall–Kier alpha value is -2.53. The summed E-state index contributed by atoms with van der Waals surface area (Å²) < 4.78 is 2.42. The first-order chi connectivity index (χ1) is 13.5. The second kappa shape index (κ2) is 7.84. The molecule has 1 saturated carbocycles. The van der Waals surface area contributed by atoms with Crippen LogP contribution >= 0.6 is 22.6 Å². The number of aromatic nitrogens is 4. The van der Waals surface area contributed by atoms with Crippen LogP contribution in [0.4, 0.5) is 11.5 Å². The van der Waals surface area contributed by atoms with Crippen molar-refractivity contribution in [3.63, 3.8) is 0 Å². The lowest BCUT2D eigenvalue weighted by molar-refractivity contribution is -0.111. The number of amides is 1. The van der Waals surface area contributed by atoms with Gasteiger partial charge in [-0.3, -0.25) is 9.69 Å². The number of benzene rings is 1. The third-order valence-corrected chi connectivity index (χ3v) is 5.40. The minimum absolute atomic E-state index is 0.159. The number of carbonyl (C=O) groups is 1. The van der Waals surface area contributed by atoms with Crippen molar-refractivity contribution in [3.8, 4) is 5.69 Å². The third kappa shape index (κ3) is 3.99. The van der Waals surface area contributed by atoms with Crippen LogP contribution in [0.1, 0.15) is 12.8 Å². The van der Waals surface area contributed by atoms with Crippen molar-refractivity contribution in [2.24, 2.45) is 0 Å². The molecule has 3 aromatic rings. The Balaban J connectivity index is 1.51. The summed E-state index contributed by atoms with van der Waals surface area (Å²) >= 11 is 2.11. The molecule has 0 saturated heterocycles. The van der Waals surface area contributed by atoms with Crippen LogP contribution in [0.25, 0.3) is 16.7 Å². The molecule has 1 aliphatic rings. The normalized spacial score (nSPS) is 14.2. The number of hydrogen-bond donors (Lipinski definition) is 2. The molecule has 8 nitrogen and oxygen atoms in total. The molecule has 2 heterocycles. The van der Waals surface area contributed by atoms with Gasteiger partial charge in [-0.15, -0.1) is 0 Å².